The molecule has 0 radical (unpaired) electrons. The van der Waals surface area contributed by atoms with Crippen molar-refractivity contribution in [2.45, 2.75) is 0 Å². The van der Waals surface area contributed by atoms with Gasteiger partial charge in [0, 0.05) is 16.7 Å². The molecular formula is C36H24B12N12. The first-order valence-corrected chi connectivity index (χ1v) is 19.0. The fourth-order valence-corrected chi connectivity index (χ4v) is 8.56. The van der Waals surface area contributed by atoms with Crippen LogP contribution in [0.15, 0.2) is 0 Å². The van der Waals surface area contributed by atoms with Crippen molar-refractivity contribution in [3.8, 4) is 70.2 Å². The lowest BCUT2D eigenvalue weighted by atomic mass is 9.64. The highest BCUT2D eigenvalue weighted by Gasteiger charge is 2.28. The number of benzene rings is 4. The third kappa shape index (κ3) is 5.64. The highest BCUT2D eigenvalue weighted by molar-refractivity contribution is 6.63. The van der Waals surface area contributed by atoms with E-state index in [2.05, 4.69) is 36.4 Å². The van der Waals surface area contributed by atoms with Crippen LogP contribution in [0.25, 0.3) is 66.9 Å². The van der Waals surface area contributed by atoms with Gasteiger partial charge in [-0.25, -0.2) is 29.9 Å². The molecule has 60 heavy (non-hydrogen) atoms. The van der Waals surface area contributed by atoms with Gasteiger partial charge in [-0.1, -0.05) is 65.6 Å². The first-order valence-electron chi connectivity index (χ1n) is 19.0. The number of fused-ring (bicyclic) bond motifs is 6. The summed E-state index contributed by atoms with van der Waals surface area (Å²) in [4.78, 5) is 30.3. The van der Waals surface area contributed by atoms with Crippen LogP contribution in [0, 0.1) is 68.0 Å². The standard InChI is InChI=1S/C36H24B12N12/c37-16-7(1-49)17(38)23(44)13(22(16)43)28-10(4-52)55-31-34(58-28)32-36(60-29(11(5-53)56-32)14-24(45)18(39)8(2-50)19(40)25(14)46)33-35(31)59-30(12(6-54)57-33)15-26(47)20(41)9(3-51)21(42)27(15)48/h37-48H2. The van der Waals surface area contributed by atoms with Gasteiger partial charge in [-0.2, -0.15) is 31.6 Å². The largest absolute Gasteiger partial charge is 0.241 e. The molecule has 264 valence electrons. The van der Waals surface area contributed by atoms with Crippen LogP contribution >= 0.6 is 0 Å². The van der Waals surface area contributed by atoms with Gasteiger partial charge >= 0.3 is 0 Å². The molecule has 24 heteroatoms. The zero-order valence-electron chi connectivity index (χ0n) is 35.4. The molecule has 0 saturated heterocycles. The Bertz CT molecular complexity index is 3020. The highest BCUT2D eigenvalue weighted by Crippen LogP contribution is 2.35. The second-order valence-electron chi connectivity index (χ2n) is 15.3. The summed E-state index contributed by atoms with van der Waals surface area (Å²) < 4.78 is 0. The fraction of sp³-hybridized carbons (Fsp3) is 0. The molecule has 0 saturated carbocycles. The van der Waals surface area contributed by atoms with Crippen molar-refractivity contribution in [2.75, 3.05) is 0 Å². The van der Waals surface area contributed by atoms with Gasteiger partial charge in [0.25, 0.3) is 0 Å². The van der Waals surface area contributed by atoms with Crippen molar-refractivity contribution >= 4 is 193 Å². The molecule has 12 nitrogen and oxygen atoms in total. The Morgan fingerprint density at radius 2 is 0.433 bits per heavy atom. The van der Waals surface area contributed by atoms with E-state index in [1.807, 2.05) is 94.2 Å². The van der Waals surface area contributed by atoms with Crippen LogP contribution < -0.4 is 65.6 Å². The van der Waals surface area contributed by atoms with E-state index >= 15 is 0 Å². The lowest BCUT2D eigenvalue weighted by molar-refractivity contribution is 1.20. The quantitative estimate of drug-likeness (QED) is 0.121. The second kappa shape index (κ2) is 14.8. The minimum absolute atomic E-state index is 0.0112. The first kappa shape index (κ1) is 40.8. The van der Waals surface area contributed by atoms with Gasteiger partial charge in [-0.05, 0) is 16.7 Å². The molecule has 0 aliphatic rings. The fourth-order valence-electron chi connectivity index (χ4n) is 8.56. The molecule has 0 bridgehead atoms. The minimum Gasteiger partial charge on any atom is -0.241 e. The average molecular weight is 754 g/mol. The van der Waals surface area contributed by atoms with Gasteiger partial charge in [0.15, 0.2) is 17.1 Å². The van der Waals surface area contributed by atoms with Crippen LogP contribution in [0.4, 0.5) is 0 Å². The molecule has 7 rings (SSSR count). The molecule has 0 aliphatic heterocycles. The summed E-state index contributed by atoms with van der Waals surface area (Å²) in [5.74, 6) is 0. The summed E-state index contributed by atoms with van der Waals surface area (Å²) in [6.07, 6.45) is 0. The van der Waals surface area contributed by atoms with Gasteiger partial charge in [-0.15, -0.1) is 0 Å². The number of rotatable bonds is 3. The van der Waals surface area contributed by atoms with E-state index in [4.69, 9.17) is 29.9 Å². The molecule has 0 aliphatic carbocycles. The van der Waals surface area contributed by atoms with Crippen LogP contribution in [0.1, 0.15) is 33.8 Å². The SMILES string of the molecule is Bc1c(B)c(-c2nc3c(nc2C#N)c2nc(-c4c(B)c(B)c(C#N)c(B)c4B)c(C#N)nc2c2nc(-c4c(B)c(B)c(C#N)c(B)c4B)c(C#N)nc32)c(B)c(B)c1C#N. The molecule has 0 spiro atoms. The number of hydrogen-bond acceptors (Lipinski definition) is 12. The van der Waals surface area contributed by atoms with Gasteiger partial charge < -0.3 is 0 Å². The van der Waals surface area contributed by atoms with E-state index in [1.165, 1.54) is 0 Å². The number of hydrogen-bond donors (Lipinski definition) is 0. The second-order valence-corrected chi connectivity index (χ2v) is 15.3. The number of nitriles is 6. The summed E-state index contributed by atoms with van der Waals surface area (Å²) in [5.41, 5.74) is 14.4. The zero-order valence-corrected chi connectivity index (χ0v) is 35.4. The molecule has 0 amide bonds. The molecule has 7 aromatic rings. The van der Waals surface area contributed by atoms with Gasteiger partial charge in [0.05, 0.1) is 18.2 Å². The van der Waals surface area contributed by atoms with E-state index < -0.39 is 0 Å². The molecular weight excluding hydrogens is 730 g/mol. The lowest BCUT2D eigenvalue weighted by Crippen LogP contribution is -2.45. The maximum absolute atomic E-state index is 10.7. The van der Waals surface area contributed by atoms with Crippen LogP contribution in [-0.2, 0) is 0 Å². The smallest absolute Gasteiger partial charge is 0.167 e. The van der Waals surface area contributed by atoms with E-state index in [-0.39, 0.29) is 67.3 Å². The highest BCUT2D eigenvalue weighted by atomic mass is 14.9. The molecule has 0 unspecified atom stereocenters. The zero-order chi connectivity index (χ0) is 43.8. The molecule has 0 atom stereocenters. The monoisotopic (exact) mass is 756 g/mol. The Hall–Kier alpha value is -7.38. The molecule has 0 N–H and O–H groups in total. The van der Waals surface area contributed by atoms with Crippen molar-refractivity contribution in [2.24, 2.45) is 0 Å². The molecule has 3 aromatic heterocycles. The van der Waals surface area contributed by atoms with E-state index in [0.717, 1.165) is 65.6 Å². The van der Waals surface area contributed by atoms with Gasteiger partial charge in [0.1, 0.15) is 163 Å². The summed E-state index contributed by atoms with van der Waals surface area (Å²) in [5, 5.41) is 62.2. The predicted molar refractivity (Wildman–Crippen MR) is 268 cm³/mol. The maximum Gasteiger partial charge on any atom is 0.167 e. The normalized spacial score (nSPS) is 10.7. The number of aromatic nitrogens is 6. The van der Waals surface area contributed by atoms with E-state index in [1.54, 1.807) is 0 Å². The van der Waals surface area contributed by atoms with Crippen molar-refractivity contribution in [1.82, 2.24) is 29.9 Å². The topological polar surface area (TPSA) is 220 Å². The van der Waals surface area contributed by atoms with Crippen LogP contribution in [0.5, 0.6) is 0 Å². The van der Waals surface area contributed by atoms with Crippen molar-refractivity contribution in [1.29, 1.82) is 31.6 Å². The van der Waals surface area contributed by atoms with Crippen LogP contribution in [0.2, 0.25) is 0 Å². The van der Waals surface area contributed by atoms with E-state index in [0.29, 0.717) is 33.4 Å². The van der Waals surface area contributed by atoms with Gasteiger partial charge in [-0.3, -0.25) is 0 Å². The van der Waals surface area contributed by atoms with Crippen molar-refractivity contribution in [3.05, 3.63) is 33.8 Å². The van der Waals surface area contributed by atoms with Crippen LogP contribution in [0.3, 0.4) is 0 Å². The molecule has 0 fully saturated rings. The summed E-state index contributed by atoms with van der Waals surface area (Å²) in [6.45, 7) is 0. The van der Waals surface area contributed by atoms with Crippen molar-refractivity contribution < 1.29 is 0 Å². The Morgan fingerprint density at radius 3 is 0.600 bits per heavy atom. The minimum atomic E-state index is -0.0112. The third-order valence-corrected chi connectivity index (χ3v) is 12.6. The third-order valence-electron chi connectivity index (χ3n) is 12.6. The Kier molecular flexibility index (Phi) is 10.0. The lowest BCUT2D eigenvalue weighted by Gasteiger charge is -2.21. The number of nitrogens with zero attached hydrogens (tertiary/aromatic N) is 12. The Morgan fingerprint density at radius 1 is 0.250 bits per heavy atom. The van der Waals surface area contributed by atoms with Gasteiger partial charge in [0.2, 0.25) is 0 Å². The molecule has 3 heterocycles. The Balaban J connectivity index is 1.76. The summed E-state index contributed by atoms with van der Waals surface area (Å²) in [6, 6.07) is 13.6. The average Bonchev–Trinajstić information content (AvgIpc) is 3.24. The summed E-state index contributed by atoms with van der Waals surface area (Å²) in [7, 11) is 22.4. The van der Waals surface area contributed by atoms with Crippen molar-refractivity contribution in [3.63, 3.8) is 0 Å². The summed E-state index contributed by atoms with van der Waals surface area (Å²) >= 11 is 0. The maximum atomic E-state index is 10.7. The van der Waals surface area contributed by atoms with E-state index in [9.17, 15) is 31.6 Å². The first-order chi connectivity index (χ1) is 28.5. The predicted octanol–water partition coefficient (Wildman–Crippen LogP) is -15.2. The molecule has 4 aromatic carbocycles. The van der Waals surface area contributed by atoms with Crippen LogP contribution in [-0.4, -0.2) is 124 Å². The Labute approximate surface area is 356 Å².